The molecule has 0 spiro atoms. The van der Waals surface area contributed by atoms with Crippen LogP contribution in [0, 0.1) is 5.92 Å². The van der Waals surface area contributed by atoms with Gasteiger partial charge >= 0.3 is 0 Å². The van der Waals surface area contributed by atoms with Crippen LogP contribution in [0.25, 0.3) is 0 Å². The van der Waals surface area contributed by atoms with Crippen LogP contribution in [0.3, 0.4) is 0 Å². The second kappa shape index (κ2) is 14.0. The molecule has 3 fully saturated rings. The molecule has 3 aliphatic rings. The van der Waals surface area contributed by atoms with E-state index in [1.54, 1.807) is 6.92 Å². The number of carbonyl (C=O) groups is 1. The molecule has 0 aromatic heterocycles. The Morgan fingerprint density at radius 2 is 1.15 bits per heavy atom. The zero-order valence-electron chi connectivity index (χ0n) is 17.9. The first-order valence-electron chi connectivity index (χ1n) is 11.1. The highest BCUT2D eigenvalue weighted by molar-refractivity contribution is 8.14. The van der Waals surface area contributed by atoms with Crippen molar-refractivity contribution >= 4 is 26.7 Å². The Kier molecular flexibility index (Phi) is 13.0. The maximum atomic E-state index is 11.0. The van der Waals surface area contributed by atoms with Gasteiger partial charge in [-0.2, -0.15) is 0 Å². The number of hydrogen-bond acceptors (Lipinski definition) is 4. The third-order valence-corrected chi connectivity index (χ3v) is 8.76. The molecule has 0 aromatic carbocycles. The van der Waals surface area contributed by atoms with Crippen molar-refractivity contribution in [2.24, 2.45) is 5.92 Å². The molecule has 0 bridgehead atoms. The fourth-order valence-corrected chi connectivity index (χ4v) is 6.45. The quantitative estimate of drug-likeness (QED) is 0.510. The molecule has 0 atom stereocenters. The van der Waals surface area contributed by atoms with Gasteiger partial charge in [-0.1, -0.05) is 89.3 Å². The van der Waals surface area contributed by atoms with Crippen LogP contribution in [0.1, 0.15) is 110 Å². The molecule has 3 saturated carbocycles. The first-order valence-corrected chi connectivity index (χ1v) is 14.0. The van der Waals surface area contributed by atoms with Crippen molar-refractivity contribution in [2.75, 3.05) is 6.26 Å². The van der Waals surface area contributed by atoms with Gasteiger partial charge in [0.05, 0.1) is 5.25 Å². The highest BCUT2D eigenvalue weighted by Gasteiger charge is 2.22. The summed E-state index contributed by atoms with van der Waals surface area (Å²) in [6.45, 7) is 4.03. The molecule has 27 heavy (non-hydrogen) atoms. The van der Waals surface area contributed by atoms with Crippen LogP contribution in [-0.2, 0) is 14.6 Å². The lowest BCUT2D eigenvalue weighted by molar-refractivity contribution is -0.109. The topological polar surface area (TPSA) is 51.2 Å². The fraction of sp³-hybridized carbons (Fsp3) is 0.955. The van der Waals surface area contributed by atoms with Gasteiger partial charge in [0.25, 0.3) is 0 Å². The van der Waals surface area contributed by atoms with Gasteiger partial charge in [-0.15, -0.1) is 0 Å². The van der Waals surface area contributed by atoms with Gasteiger partial charge in [0, 0.05) is 18.4 Å². The summed E-state index contributed by atoms with van der Waals surface area (Å²) in [5, 5.41) is 0.902. The summed E-state index contributed by atoms with van der Waals surface area (Å²) in [6, 6.07) is 0. The fourth-order valence-electron chi connectivity index (χ4n) is 4.22. The highest BCUT2D eigenvalue weighted by atomic mass is 32.2. The molecule has 0 aromatic rings. The smallest absolute Gasteiger partial charge is 0.186 e. The Morgan fingerprint density at radius 1 is 0.741 bits per heavy atom. The zero-order valence-corrected chi connectivity index (χ0v) is 19.5. The predicted octanol–water partition coefficient (Wildman–Crippen LogP) is 6.55. The molecule has 5 heteroatoms. The van der Waals surface area contributed by atoms with E-state index in [2.05, 4.69) is 6.92 Å². The molecule has 160 valence electrons. The average molecular weight is 419 g/mol. The minimum Gasteiger partial charge on any atom is -0.288 e. The number of hydrogen-bond donors (Lipinski definition) is 0. The summed E-state index contributed by atoms with van der Waals surface area (Å²) in [5.41, 5.74) is 0. The molecule has 0 radical (unpaired) electrons. The minimum absolute atomic E-state index is 0.0266. The molecule has 3 nitrogen and oxygen atoms in total. The van der Waals surface area contributed by atoms with Crippen molar-refractivity contribution in [3.05, 3.63) is 0 Å². The zero-order chi connectivity index (χ0) is 20.1. The molecule has 0 aliphatic heterocycles. The minimum atomic E-state index is -2.73. The van der Waals surface area contributed by atoms with Gasteiger partial charge < -0.3 is 0 Å². The SMILES string of the molecule is CC(=O)SC1CCCCC1.CC1CCCCC1.CS(=O)(=O)C1CCCCC1. The summed E-state index contributed by atoms with van der Waals surface area (Å²) < 4.78 is 22.0. The summed E-state index contributed by atoms with van der Waals surface area (Å²) >= 11 is 1.54. The lowest BCUT2D eigenvalue weighted by Gasteiger charge is -2.19. The second-order valence-electron chi connectivity index (χ2n) is 8.70. The molecule has 0 amide bonds. The Labute approximate surface area is 172 Å². The van der Waals surface area contributed by atoms with Crippen LogP contribution in [0.2, 0.25) is 0 Å². The predicted molar refractivity (Wildman–Crippen MR) is 119 cm³/mol. The summed E-state index contributed by atoms with van der Waals surface area (Å²) in [4.78, 5) is 10.7. The lowest BCUT2D eigenvalue weighted by atomic mass is 9.91. The van der Waals surface area contributed by atoms with E-state index < -0.39 is 9.84 Å². The maximum Gasteiger partial charge on any atom is 0.186 e. The maximum absolute atomic E-state index is 11.0. The highest BCUT2D eigenvalue weighted by Crippen LogP contribution is 2.28. The average Bonchev–Trinajstić information content (AvgIpc) is 2.64. The Hall–Kier alpha value is -0.0300. The van der Waals surface area contributed by atoms with E-state index in [4.69, 9.17) is 0 Å². The van der Waals surface area contributed by atoms with Gasteiger partial charge in [0.15, 0.2) is 5.12 Å². The molecule has 0 saturated heterocycles. The van der Waals surface area contributed by atoms with Crippen LogP contribution < -0.4 is 0 Å². The van der Waals surface area contributed by atoms with Gasteiger partial charge in [-0.05, 0) is 31.6 Å². The van der Waals surface area contributed by atoms with Crippen molar-refractivity contribution < 1.29 is 13.2 Å². The summed E-state index contributed by atoms with van der Waals surface area (Å²) in [5.74, 6) is 1.04. The van der Waals surface area contributed by atoms with Crippen LogP contribution in [0.15, 0.2) is 0 Å². The Bertz CT molecular complexity index is 484. The van der Waals surface area contributed by atoms with E-state index in [0.29, 0.717) is 5.25 Å². The Balaban J connectivity index is 0.000000206. The van der Waals surface area contributed by atoms with Gasteiger partial charge in [0.2, 0.25) is 0 Å². The van der Waals surface area contributed by atoms with E-state index in [0.717, 1.165) is 31.6 Å². The van der Waals surface area contributed by atoms with E-state index in [1.807, 2.05) is 0 Å². The van der Waals surface area contributed by atoms with Gasteiger partial charge in [0.1, 0.15) is 9.84 Å². The normalized spacial score (nSPS) is 22.8. The molecule has 3 aliphatic carbocycles. The standard InChI is InChI=1S/C8H14OS.C7H14O2S.C7H14/c1-7(9)10-8-5-3-2-4-6-8;1-10(8,9)7-5-3-2-4-6-7;1-7-5-3-2-4-6-7/h8H,2-6H2,1H3;7H,2-6H2,1H3;7H,2-6H2,1H3. The first kappa shape index (κ1) is 25.0. The third-order valence-electron chi connectivity index (χ3n) is 5.94. The van der Waals surface area contributed by atoms with Crippen LogP contribution in [-0.4, -0.2) is 30.3 Å². The first-order chi connectivity index (χ1) is 12.8. The molecule has 0 N–H and O–H groups in total. The van der Waals surface area contributed by atoms with E-state index in [1.165, 1.54) is 88.6 Å². The van der Waals surface area contributed by atoms with Crippen molar-refractivity contribution in [3.8, 4) is 0 Å². The van der Waals surface area contributed by atoms with E-state index in [9.17, 15) is 13.2 Å². The van der Waals surface area contributed by atoms with Crippen molar-refractivity contribution in [1.29, 1.82) is 0 Å². The van der Waals surface area contributed by atoms with E-state index >= 15 is 0 Å². The van der Waals surface area contributed by atoms with Crippen LogP contribution in [0.5, 0.6) is 0 Å². The number of carbonyl (C=O) groups excluding carboxylic acids is 1. The Morgan fingerprint density at radius 3 is 1.44 bits per heavy atom. The van der Waals surface area contributed by atoms with Gasteiger partial charge in [-0.25, -0.2) is 8.42 Å². The van der Waals surface area contributed by atoms with Crippen LogP contribution in [0.4, 0.5) is 0 Å². The van der Waals surface area contributed by atoms with Crippen molar-refractivity contribution in [3.63, 3.8) is 0 Å². The van der Waals surface area contributed by atoms with Crippen molar-refractivity contribution in [1.82, 2.24) is 0 Å². The molecular formula is C22H42O3S2. The van der Waals surface area contributed by atoms with Gasteiger partial charge in [-0.3, -0.25) is 4.79 Å². The largest absolute Gasteiger partial charge is 0.288 e. The van der Waals surface area contributed by atoms with E-state index in [-0.39, 0.29) is 10.4 Å². The lowest BCUT2D eigenvalue weighted by Crippen LogP contribution is -2.22. The molecule has 0 unspecified atom stereocenters. The third kappa shape index (κ3) is 12.9. The summed E-state index contributed by atoms with van der Waals surface area (Å²) in [7, 11) is -2.73. The van der Waals surface area contributed by atoms with Crippen molar-refractivity contribution in [2.45, 2.75) is 121 Å². The molecular weight excluding hydrogens is 376 g/mol. The number of sulfone groups is 1. The van der Waals surface area contributed by atoms with Crippen LogP contribution >= 0.6 is 11.8 Å². The number of thioether (sulfide) groups is 1. The summed E-state index contributed by atoms with van der Waals surface area (Å²) in [6.07, 6.45) is 20.5. The second-order valence-corrected chi connectivity index (χ2v) is 12.5. The monoisotopic (exact) mass is 418 g/mol. The molecule has 0 heterocycles. The number of rotatable bonds is 2. The molecule has 3 rings (SSSR count).